The monoisotopic (exact) mass is 765 g/mol. The third-order valence-electron chi connectivity index (χ3n) is 16.2. The van der Waals surface area contributed by atoms with Crippen molar-refractivity contribution in [2.24, 2.45) is 17.8 Å². The lowest BCUT2D eigenvalue weighted by Crippen LogP contribution is -2.48. The molecule has 4 fully saturated rings. The molecular formula is C58H55N. The van der Waals surface area contributed by atoms with E-state index in [1.807, 2.05) is 0 Å². The van der Waals surface area contributed by atoms with Crippen LogP contribution < -0.4 is 4.90 Å². The number of hydrogen-bond donors (Lipinski definition) is 0. The second-order valence-corrected chi connectivity index (χ2v) is 20.3. The lowest BCUT2D eigenvalue weighted by Gasteiger charge is -2.57. The quantitative estimate of drug-likeness (QED) is 0.163. The Balaban J connectivity index is 1.01. The summed E-state index contributed by atoms with van der Waals surface area (Å²) >= 11 is 0. The summed E-state index contributed by atoms with van der Waals surface area (Å²) in [6, 6.07) is 51.8. The number of nitrogens with zero attached hydrogens (tertiary/aromatic N) is 1. The van der Waals surface area contributed by atoms with Gasteiger partial charge in [-0.05, 0) is 172 Å². The number of hydrogen-bond acceptors (Lipinski definition) is 1. The highest BCUT2D eigenvalue weighted by Crippen LogP contribution is 2.61. The highest BCUT2D eigenvalue weighted by Gasteiger charge is 2.51. The van der Waals surface area contributed by atoms with Crippen molar-refractivity contribution in [1.29, 1.82) is 0 Å². The Bertz CT molecular complexity index is 2700. The van der Waals surface area contributed by atoms with Crippen molar-refractivity contribution in [3.05, 3.63) is 179 Å². The normalized spacial score (nSPS) is 24.8. The topological polar surface area (TPSA) is 3.24 Å². The second kappa shape index (κ2) is 12.8. The second-order valence-electron chi connectivity index (χ2n) is 20.3. The molecule has 0 spiro atoms. The largest absolute Gasteiger partial charge is 0.310 e. The van der Waals surface area contributed by atoms with Crippen molar-refractivity contribution >= 4 is 22.6 Å². The molecule has 4 saturated carbocycles. The van der Waals surface area contributed by atoms with Gasteiger partial charge in [0.1, 0.15) is 0 Å². The molecule has 0 radical (unpaired) electrons. The van der Waals surface area contributed by atoms with Crippen LogP contribution in [0.2, 0.25) is 0 Å². The minimum absolute atomic E-state index is 0.0207. The zero-order valence-corrected chi connectivity index (χ0v) is 35.2. The van der Waals surface area contributed by atoms with E-state index in [1.165, 1.54) is 117 Å². The highest BCUT2D eigenvalue weighted by atomic mass is 15.1. The third kappa shape index (κ3) is 5.35. The summed E-state index contributed by atoms with van der Waals surface area (Å²) in [5.74, 6) is 2.85. The summed E-state index contributed by atoms with van der Waals surface area (Å²) in [6.45, 7) is 9.67. The van der Waals surface area contributed by atoms with E-state index in [9.17, 15) is 0 Å². The number of rotatable bonds is 6. The molecule has 0 N–H and O–H groups in total. The standard InChI is InChI=1S/C58H55N/c1-56(2)51-16-10-8-14-46(51)48-25-23-44(32-53(48)56)59(45-24-26-49-47-15-9-11-17-52(47)57(3,4)54(49)33-45)55-27-20-42(31-50(55)41-12-6-5-7-13-41)40-18-21-43(22-19-40)58-34-37-28-38(35-58)30-39(29-37)36-58/h5-10,12-16,18-27,31-33,37-39H,11,17,28-30,34-36H2,1-4H3. The van der Waals surface area contributed by atoms with Crippen molar-refractivity contribution < 1.29 is 0 Å². The van der Waals surface area contributed by atoms with Crippen LogP contribution in [0, 0.1) is 17.8 Å². The highest BCUT2D eigenvalue weighted by molar-refractivity contribution is 5.94. The Morgan fingerprint density at radius 3 is 1.81 bits per heavy atom. The molecule has 0 unspecified atom stereocenters. The smallest absolute Gasteiger partial charge is 0.0540 e. The fourth-order valence-corrected chi connectivity index (χ4v) is 13.7. The first-order valence-corrected chi connectivity index (χ1v) is 22.6. The first-order chi connectivity index (χ1) is 28.7. The van der Waals surface area contributed by atoms with E-state index < -0.39 is 0 Å². The molecule has 1 nitrogen and oxygen atoms in total. The molecule has 0 aromatic heterocycles. The van der Waals surface area contributed by atoms with Crippen LogP contribution in [0.5, 0.6) is 0 Å². The number of anilines is 3. The van der Waals surface area contributed by atoms with Crippen LogP contribution >= 0.6 is 0 Å². The van der Waals surface area contributed by atoms with Crippen LogP contribution in [0.1, 0.15) is 107 Å². The zero-order chi connectivity index (χ0) is 39.7. The van der Waals surface area contributed by atoms with E-state index in [2.05, 4.69) is 178 Å². The van der Waals surface area contributed by atoms with Crippen molar-refractivity contribution in [3.63, 3.8) is 0 Å². The molecule has 1 heteroatoms. The summed E-state index contributed by atoms with van der Waals surface area (Å²) in [7, 11) is 0. The minimum atomic E-state index is -0.0999. The molecule has 7 aliphatic rings. The maximum absolute atomic E-state index is 2.56. The van der Waals surface area contributed by atoms with Gasteiger partial charge in [0.15, 0.2) is 0 Å². The summed E-state index contributed by atoms with van der Waals surface area (Å²) in [5.41, 5.74) is 21.9. The van der Waals surface area contributed by atoms with E-state index in [-0.39, 0.29) is 10.8 Å². The molecular weight excluding hydrogens is 711 g/mol. The van der Waals surface area contributed by atoms with Crippen LogP contribution in [0.15, 0.2) is 151 Å². The summed E-state index contributed by atoms with van der Waals surface area (Å²) in [5, 5.41) is 0. The lowest BCUT2D eigenvalue weighted by atomic mass is 9.48. The van der Waals surface area contributed by atoms with Gasteiger partial charge in [-0.25, -0.2) is 0 Å². The fourth-order valence-electron chi connectivity index (χ4n) is 13.7. The van der Waals surface area contributed by atoms with E-state index >= 15 is 0 Å². The Labute approximate surface area is 351 Å². The predicted molar refractivity (Wildman–Crippen MR) is 248 cm³/mol. The van der Waals surface area contributed by atoms with Crippen LogP contribution in [0.25, 0.3) is 39.0 Å². The molecule has 0 atom stereocenters. The van der Waals surface area contributed by atoms with Crippen LogP contribution in [-0.4, -0.2) is 0 Å². The van der Waals surface area contributed by atoms with Gasteiger partial charge >= 0.3 is 0 Å². The maximum Gasteiger partial charge on any atom is 0.0540 e. The number of benzene rings is 6. The first-order valence-electron chi connectivity index (χ1n) is 22.6. The lowest BCUT2D eigenvalue weighted by molar-refractivity contribution is -0.00518. The van der Waals surface area contributed by atoms with Gasteiger partial charge in [-0.3, -0.25) is 0 Å². The molecule has 0 heterocycles. The Morgan fingerprint density at radius 2 is 1.10 bits per heavy atom. The summed E-state index contributed by atoms with van der Waals surface area (Å²) in [6.07, 6.45) is 15.7. The van der Waals surface area contributed by atoms with Crippen LogP contribution in [-0.2, 0) is 16.2 Å². The molecule has 0 amide bonds. The third-order valence-corrected chi connectivity index (χ3v) is 16.2. The van der Waals surface area contributed by atoms with Gasteiger partial charge in [0.2, 0.25) is 0 Å². The van der Waals surface area contributed by atoms with Crippen LogP contribution in [0.4, 0.5) is 17.1 Å². The first kappa shape index (κ1) is 35.5. The van der Waals surface area contributed by atoms with E-state index in [0.717, 1.165) is 30.6 Å². The van der Waals surface area contributed by atoms with Gasteiger partial charge in [0.05, 0.1) is 5.69 Å². The Morgan fingerprint density at radius 1 is 0.492 bits per heavy atom. The molecule has 292 valence electrons. The van der Waals surface area contributed by atoms with E-state index in [1.54, 1.807) is 11.1 Å². The van der Waals surface area contributed by atoms with Gasteiger partial charge in [0.25, 0.3) is 0 Å². The number of allylic oxidation sites excluding steroid dienone is 4. The van der Waals surface area contributed by atoms with Crippen molar-refractivity contribution in [2.75, 3.05) is 4.90 Å². The SMILES string of the molecule is CC1(C)C2=C(C=CCC2)c2ccc(N(c3ccc4c(c3)C(C)(C)c3ccccc3-4)c3ccc(-c4ccc(C56CC7CC(CC(C7)C5)C6)cc4)cc3-c3ccccc3)cc21. The number of fused-ring (bicyclic) bond motifs is 5. The molecule has 0 saturated heterocycles. The molecule has 7 aliphatic carbocycles. The average molecular weight is 766 g/mol. The van der Waals surface area contributed by atoms with Gasteiger partial charge in [0, 0.05) is 27.8 Å². The maximum atomic E-state index is 2.56. The van der Waals surface area contributed by atoms with Gasteiger partial charge < -0.3 is 4.90 Å². The molecule has 59 heavy (non-hydrogen) atoms. The molecule has 13 rings (SSSR count). The Hall–Kier alpha value is -5.40. The van der Waals surface area contributed by atoms with E-state index in [4.69, 9.17) is 0 Å². The van der Waals surface area contributed by atoms with Gasteiger partial charge in [-0.2, -0.15) is 0 Å². The Kier molecular flexibility index (Phi) is 7.71. The zero-order valence-electron chi connectivity index (χ0n) is 35.2. The van der Waals surface area contributed by atoms with Crippen molar-refractivity contribution in [2.45, 2.75) is 95.3 Å². The molecule has 0 aliphatic heterocycles. The fraction of sp³-hybridized carbons (Fsp3) is 0.310. The van der Waals surface area contributed by atoms with Gasteiger partial charge in [-0.15, -0.1) is 0 Å². The predicted octanol–water partition coefficient (Wildman–Crippen LogP) is 15.7. The summed E-state index contributed by atoms with van der Waals surface area (Å²) in [4.78, 5) is 2.56. The molecule has 6 aromatic carbocycles. The van der Waals surface area contributed by atoms with Gasteiger partial charge in [-0.1, -0.05) is 142 Å². The van der Waals surface area contributed by atoms with E-state index in [0.29, 0.717) is 5.41 Å². The minimum Gasteiger partial charge on any atom is -0.310 e. The van der Waals surface area contributed by atoms with Crippen molar-refractivity contribution in [3.8, 4) is 33.4 Å². The van der Waals surface area contributed by atoms with Crippen molar-refractivity contribution in [1.82, 2.24) is 0 Å². The van der Waals surface area contributed by atoms with Crippen LogP contribution in [0.3, 0.4) is 0 Å². The summed E-state index contributed by atoms with van der Waals surface area (Å²) < 4.78 is 0. The molecule has 4 bridgehead atoms. The average Bonchev–Trinajstić information content (AvgIpc) is 3.63. The molecule has 6 aromatic rings.